The summed E-state index contributed by atoms with van der Waals surface area (Å²) in [5.74, 6) is 0.250. The number of aromatic amines is 1. The van der Waals surface area contributed by atoms with Crippen molar-refractivity contribution in [2.24, 2.45) is 0 Å². The minimum Gasteiger partial charge on any atom is -0.487 e. The van der Waals surface area contributed by atoms with E-state index in [4.69, 9.17) is 4.74 Å². The van der Waals surface area contributed by atoms with Gasteiger partial charge in [-0.1, -0.05) is 12.1 Å². The Balaban J connectivity index is 1.66. The van der Waals surface area contributed by atoms with Crippen LogP contribution >= 0.6 is 0 Å². The predicted octanol–water partition coefficient (Wildman–Crippen LogP) is 1.03. The number of amides is 1. The van der Waals surface area contributed by atoms with Crippen molar-refractivity contribution >= 4 is 15.9 Å². The molecule has 0 bridgehead atoms. The van der Waals surface area contributed by atoms with Crippen LogP contribution in [0.5, 0.6) is 5.75 Å². The summed E-state index contributed by atoms with van der Waals surface area (Å²) in [5, 5.41) is 6.56. The van der Waals surface area contributed by atoms with Gasteiger partial charge in [-0.05, 0) is 38.7 Å². The average molecular weight is 434 g/mol. The number of hydrogen-bond acceptors (Lipinski definition) is 6. The SMILES string of the molecule is CN(C)CCN1[C@H]2CCN(C(=O)c3ccn[nH]3)CC[C@@H]2Oc2ccccc2S1(=O)=O. The van der Waals surface area contributed by atoms with Gasteiger partial charge in [-0.3, -0.25) is 9.89 Å². The topological polar surface area (TPSA) is 98.8 Å². The Morgan fingerprint density at radius 2 is 2.00 bits per heavy atom. The number of nitrogens with zero attached hydrogens (tertiary/aromatic N) is 4. The van der Waals surface area contributed by atoms with E-state index in [1.165, 1.54) is 0 Å². The van der Waals surface area contributed by atoms with E-state index in [1.807, 2.05) is 19.0 Å². The first-order valence-electron chi connectivity index (χ1n) is 10.1. The summed E-state index contributed by atoms with van der Waals surface area (Å²) in [6.07, 6.45) is 2.27. The summed E-state index contributed by atoms with van der Waals surface area (Å²) >= 11 is 0. The van der Waals surface area contributed by atoms with Gasteiger partial charge in [0.05, 0.1) is 6.04 Å². The van der Waals surface area contributed by atoms with E-state index in [0.29, 0.717) is 50.5 Å². The number of para-hydroxylation sites is 1. The Morgan fingerprint density at radius 3 is 2.73 bits per heavy atom. The second-order valence-electron chi connectivity index (χ2n) is 7.93. The Bertz CT molecular complexity index is 992. The van der Waals surface area contributed by atoms with Gasteiger partial charge in [0.2, 0.25) is 10.0 Å². The van der Waals surface area contributed by atoms with E-state index >= 15 is 0 Å². The van der Waals surface area contributed by atoms with Crippen LogP contribution in [-0.4, -0.2) is 91.0 Å². The third kappa shape index (κ3) is 3.94. The molecular formula is C20H27N5O4S. The molecule has 1 N–H and O–H groups in total. The summed E-state index contributed by atoms with van der Waals surface area (Å²) in [6, 6.07) is 8.11. The van der Waals surface area contributed by atoms with Gasteiger partial charge in [0.25, 0.3) is 5.91 Å². The maximum Gasteiger partial charge on any atom is 0.271 e. The first kappa shape index (κ1) is 20.8. The molecule has 1 aromatic heterocycles. The van der Waals surface area contributed by atoms with Crippen molar-refractivity contribution in [2.75, 3.05) is 40.3 Å². The number of fused-ring (bicyclic) bond motifs is 2. The van der Waals surface area contributed by atoms with Gasteiger partial charge >= 0.3 is 0 Å². The second kappa shape index (κ2) is 8.37. The first-order valence-corrected chi connectivity index (χ1v) is 11.5. The highest BCUT2D eigenvalue weighted by Crippen LogP contribution is 2.36. The summed E-state index contributed by atoms with van der Waals surface area (Å²) in [4.78, 5) is 16.7. The normalized spacial score (nSPS) is 23.8. The van der Waals surface area contributed by atoms with Gasteiger partial charge in [0.1, 0.15) is 22.4 Å². The number of carbonyl (C=O) groups excluding carboxylic acids is 1. The standard InChI is InChI=1S/C20H27N5O4S/c1-23(2)13-14-25-16-8-11-24(20(26)15-7-10-21-22-15)12-9-17(16)29-18-5-3-4-6-19(18)30(25,27)28/h3-7,10,16-17H,8-9,11-14H2,1-2H3,(H,21,22)/t16-,17-/m0/s1. The monoisotopic (exact) mass is 433 g/mol. The minimum atomic E-state index is -3.72. The van der Waals surface area contributed by atoms with Crippen molar-refractivity contribution in [1.82, 2.24) is 24.3 Å². The molecule has 2 aliphatic heterocycles. The number of aromatic nitrogens is 2. The molecule has 0 radical (unpaired) electrons. The lowest BCUT2D eigenvalue weighted by Gasteiger charge is -2.32. The molecule has 30 heavy (non-hydrogen) atoms. The maximum atomic E-state index is 13.5. The molecule has 0 spiro atoms. The molecule has 1 amide bonds. The fraction of sp³-hybridized carbons (Fsp3) is 0.500. The molecular weight excluding hydrogens is 406 g/mol. The van der Waals surface area contributed by atoms with Gasteiger partial charge in [0, 0.05) is 38.8 Å². The smallest absolute Gasteiger partial charge is 0.271 e. The Morgan fingerprint density at radius 1 is 1.23 bits per heavy atom. The van der Waals surface area contributed by atoms with E-state index in [9.17, 15) is 13.2 Å². The molecule has 2 aliphatic rings. The number of hydrogen-bond donors (Lipinski definition) is 1. The van der Waals surface area contributed by atoms with Crippen molar-refractivity contribution in [3.05, 3.63) is 42.2 Å². The van der Waals surface area contributed by atoms with Crippen molar-refractivity contribution in [3.63, 3.8) is 0 Å². The Hall–Kier alpha value is -2.43. The molecule has 0 saturated carbocycles. The van der Waals surface area contributed by atoms with Crippen LogP contribution in [0.1, 0.15) is 23.3 Å². The van der Waals surface area contributed by atoms with Crippen molar-refractivity contribution in [3.8, 4) is 5.75 Å². The zero-order valence-electron chi connectivity index (χ0n) is 17.2. The zero-order chi connectivity index (χ0) is 21.3. The van der Waals surface area contributed by atoms with Gasteiger partial charge in [-0.2, -0.15) is 9.40 Å². The fourth-order valence-corrected chi connectivity index (χ4v) is 5.88. The number of nitrogens with one attached hydrogen (secondary N) is 1. The predicted molar refractivity (Wildman–Crippen MR) is 111 cm³/mol. The lowest BCUT2D eigenvalue weighted by atomic mass is 10.1. The molecule has 0 unspecified atom stereocenters. The van der Waals surface area contributed by atoms with Gasteiger partial charge in [-0.25, -0.2) is 8.42 Å². The molecule has 1 saturated heterocycles. The third-order valence-electron chi connectivity index (χ3n) is 5.68. The van der Waals surface area contributed by atoms with Crippen LogP contribution in [0, 0.1) is 0 Å². The van der Waals surface area contributed by atoms with Crippen LogP contribution in [0.4, 0.5) is 0 Å². The van der Waals surface area contributed by atoms with E-state index in [0.717, 1.165) is 0 Å². The molecule has 4 rings (SSSR count). The number of ether oxygens (including phenoxy) is 1. The number of likely N-dealkylation sites (N-methyl/N-ethyl adjacent to an activating group) is 1. The highest BCUT2D eigenvalue weighted by atomic mass is 32.2. The molecule has 9 nitrogen and oxygen atoms in total. The highest BCUT2D eigenvalue weighted by Gasteiger charge is 2.43. The second-order valence-corrected chi connectivity index (χ2v) is 9.79. The van der Waals surface area contributed by atoms with Gasteiger partial charge in [0.15, 0.2) is 0 Å². The Labute approximate surface area is 176 Å². The molecule has 1 fully saturated rings. The van der Waals surface area contributed by atoms with Gasteiger partial charge in [-0.15, -0.1) is 0 Å². The number of carbonyl (C=O) groups is 1. The summed E-state index contributed by atoms with van der Waals surface area (Å²) in [6.45, 7) is 1.90. The number of H-pyrrole nitrogens is 1. The van der Waals surface area contributed by atoms with Crippen molar-refractivity contribution < 1.29 is 17.9 Å². The number of benzene rings is 1. The summed E-state index contributed by atoms with van der Waals surface area (Å²) in [7, 11) is 0.121. The lowest BCUT2D eigenvalue weighted by molar-refractivity contribution is 0.0749. The van der Waals surface area contributed by atoms with Crippen LogP contribution in [0.3, 0.4) is 0 Å². The maximum absolute atomic E-state index is 13.5. The van der Waals surface area contributed by atoms with E-state index in [1.54, 1.807) is 45.7 Å². The van der Waals surface area contributed by atoms with Crippen molar-refractivity contribution in [1.29, 1.82) is 0 Å². The molecule has 10 heteroatoms. The largest absolute Gasteiger partial charge is 0.487 e. The molecule has 162 valence electrons. The van der Waals surface area contributed by atoms with Crippen LogP contribution < -0.4 is 4.74 Å². The summed E-state index contributed by atoms with van der Waals surface area (Å²) in [5.41, 5.74) is 0.431. The molecule has 3 heterocycles. The molecule has 1 aromatic carbocycles. The third-order valence-corrected chi connectivity index (χ3v) is 7.64. The molecule has 2 aromatic rings. The zero-order valence-corrected chi connectivity index (χ0v) is 18.0. The van der Waals surface area contributed by atoms with Crippen molar-refractivity contribution in [2.45, 2.75) is 29.9 Å². The number of likely N-dealkylation sites (tertiary alicyclic amines) is 1. The average Bonchev–Trinajstić information content (AvgIpc) is 3.15. The van der Waals surface area contributed by atoms with E-state index < -0.39 is 10.0 Å². The van der Waals surface area contributed by atoms with Crippen LogP contribution in [0.2, 0.25) is 0 Å². The van der Waals surface area contributed by atoms with Crippen LogP contribution in [0.15, 0.2) is 41.4 Å². The Kier molecular flexibility index (Phi) is 5.81. The molecule has 2 atom stereocenters. The lowest BCUT2D eigenvalue weighted by Crippen LogP contribution is -2.49. The quantitative estimate of drug-likeness (QED) is 0.773. The van der Waals surface area contributed by atoms with E-state index in [2.05, 4.69) is 10.2 Å². The van der Waals surface area contributed by atoms with Crippen LogP contribution in [-0.2, 0) is 10.0 Å². The number of sulfonamides is 1. The molecule has 0 aliphatic carbocycles. The number of rotatable bonds is 4. The minimum absolute atomic E-state index is 0.132. The van der Waals surface area contributed by atoms with Gasteiger partial charge < -0.3 is 14.5 Å². The fourth-order valence-electron chi connectivity index (χ4n) is 4.09. The van der Waals surface area contributed by atoms with E-state index in [-0.39, 0.29) is 22.9 Å². The van der Waals surface area contributed by atoms with Crippen LogP contribution in [0.25, 0.3) is 0 Å². The first-order chi connectivity index (χ1) is 14.4. The highest BCUT2D eigenvalue weighted by molar-refractivity contribution is 7.89. The summed E-state index contributed by atoms with van der Waals surface area (Å²) < 4.78 is 34.9.